The molecule has 5 rings (SSSR count). The van der Waals surface area contributed by atoms with Gasteiger partial charge < -0.3 is 10.5 Å². The number of hydrogen-bond donors (Lipinski definition) is 2. The maximum absolute atomic E-state index is 14.2. The van der Waals surface area contributed by atoms with Crippen LogP contribution in [0, 0.1) is 27.7 Å². The van der Waals surface area contributed by atoms with E-state index in [1.54, 1.807) is 0 Å². The molecule has 2 N–H and O–H groups in total. The molecule has 3 aliphatic carbocycles. The van der Waals surface area contributed by atoms with Crippen LogP contribution in [0.25, 0.3) is 0 Å². The van der Waals surface area contributed by atoms with E-state index in [2.05, 4.69) is 10.4 Å². The Morgan fingerprint density at radius 2 is 1.92 bits per heavy atom. The zero-order valence-corrected chi connectivity index (χ0v) is 20.4. The molecule has 3 fully saturated rings. The normalized spacial score (nSPS) is 27.6. The average Bonchev–Trinajstić information content (AvgIpc) is 3.30. The number of hydrogen-bond acceptors (Lipinski definition) is 5. The Morgan fingerprint density at radius 1 is 1.28 bits per heavy atom. The van der Waals surface area contributed by atoms with Gasteiger partial charge in [-0.1, -0.05) is 0 Å². The predicted molar refractivity (Wildman–Crippen MR) is 121 cm³/mol. The number of nitrogens with one attached hydrogen (secondary N) is 2. The highest BCUT2D eigenvalue weighted by molar-refractivity contribution is 7.91. The highest BCUT2D eigenvalue weighted by atomic mass is 32.2. The number of fused-ring (bicyclic) bond motifs is 1. The molecule has 0 radical (unpaired) electrons. The van der Waals surface area contributed by atoms with Gasteiger partial charge in [-0.3, -0.25) is 9.48 Å². The number of pyridine rings is 1. The van der Waals surface area contributed by atoms with Gasteiger partial charge in [-0.05, 0) is 56.3 Å². The molecule has 2 aromatic rings. The first-order valence-corrected chi connectivity index (χ1v) is 13.9. The summed E-state index contributed by atoms with van der Waals surface area (Å²) in [5, 5.41) is 18.1. The van der Waals surface area contributed by atoms with Gasteiger partial charge in [-0.15, -0.1) is 0 Å². The lowest BCUT2D eigenvalue weighted by Gasteiger charge is -2.16. The Bertz CT molecular complexity index is 1290. The third-order valence-corrected chi connectivity index (χ3v) is 8.57. The highest BCUT2D eigenvalue weighted by Gasteiger charge is 2.47. The van der Waals surface area contributed by atoms with Crippen LogP contribution in [0.2, 0.25) is 0 Å². The van der Waals surface area contributed by atoms with Crippen LogP contribution < -0.4 is 10.0 Å². The lowest BCUT2D eigenvalue weighted by molar-refractivity contribution is -0.646. The summed E-state index contributed by atoms with van der Waals surface area (Å²) in [4.78, 5) is 13.3. The number of amides is 1. The Hall–Kier alpha value is -2.70. The third kappa shape index (κ3) is 4.81. The van der Waals surface area contributed by atoms with Gasteiger partial charge in [0, 0.05) is 30.9 Å². The second-order valence-corrected chi connectivity index (χ2v) is 12.5. The molecule has 0 bridgehead atoms. The number of halogens is 4. The first-order valence-electron chi connectivity index (χ1n) is 11.9. The zero-order valence-electron chi connectivity index (χ0n) is 19.6. The van der Waals surface area contributed by atoms with Crippen molar-refractivity contribution >= 4 is 21.3 Å². The molecule has 2 aromatic heterocycles. The number of rotatable bonds is 6. The van der Waals surface area contributed by atoms with Crippen LogP contribution in [0.5, 0.6) is 0 Å². The standard InChI is InChI=1S/C23H27F4N5O3S/c1-36(28,35)18-10-17(4-5-32(18)34)29-22(33)21-19(23(25,26)27)20(13-2-3-13)30-31(21)11-12-6-14-8-16(24)9-15(14)7-12/h4-5,10,12-16,28H,2-3,6-9,11H2,1H3,(H,29,33). The molecular formula is C23H27F4N5O3S. The Kier molecular flexibility index (Phi) is 6.04. The second-order valence-electron chi connectivity index (χ2n) is 10.4. The molecule has 36 heavy (non-hydrogen) atoms. The monoisotopic (exact) mass is 529 g/mol. The lowest BCUT2D eigenvalue weighted by Crippen LogP contribution is -2.33. The Labute approximate surface area is 205 Å². The van der Waals surface area contributed by atoms with E-state index in [9.17, 15) is 31.8 Å². The highest BCUT2D eigenvalue weighted by Crippen LogP contribution is 2.50. The molecule has 3 saturated carbocycles. The molecule has 0 aliphatic heterocycles. The number of aromatic nitrogens is 3. The van der Waals surface area contributed by atoms with Crippen LogP contribution in [0.3, 0.4) is 0 Å². The molecule has 13 heteroatoms. The van der Waals surface area contributed by atoms with E-state index in [4.69, 9.17) is 4.78 Å². The van der Waals surface area contributed by atoms with E-state index in [0.717, 1.165) is 23.2 Å². The smallest absolute Gasteiger partial charge is 0.420 e. The predicted octanol–water partition coefficient (Wildman–Crippen LogP) is 4.47. The molecule has 3 atom stereocenters. The summed E-state index contributed by atoms with van der Waals surface area (Å²) in [7, 11) is -3.45. The summed E-state index contributed by atoms with van der Waals surface area (Å²) in [6, 6.07) is 2.20. The van der Waals surface area contributed by atoms with E-state index in [0.29, 0.717) is 38.5 Å². The molecular weight excluding hydrogens is 502 g/mol. The number of nitrogens with zero attached hydrogens (tertiary/aromatic N) is 3. The van der Waals surface area contributed by atoms with Gasteiger partial charge in [-0.25, -0.2) is 13.4 Å². The van der Waals surface area contributed by atoms with Gasteiger partial charge >= 0.3 is 6.18 Å². The minimum absolute atomic E-state index is 0.0112. The van der Waals surface area contributed by atoms with Crippen molar-refractivity contribution in [1.82, 2.24) is 9.78 Å². The minimum atomic E-state index is -4.81. The van der Waals surface area contributed by atoms with Crippen LogP contribution in [0.15, 0.2) is 23.4 Å². The second kappa shape index (κ2) is 8.70. The molecule has 0 spiro atoms. The quantitative estimate of drug-likeness (QED) is 0.326. The molecule has 8 nitrogen and oxygen atoms in total. The number of carbonyl (C=O) groups excluding carboxylic acids is 1. The zero-order chi connectivity index (χ0) is 26.0. The number of alkyl halides is 4. The fourth-order valence-electron chi connectivity index (χ4n) is 5.85. The number of carbonyl (C=O) groups is 1. The largest absolute Gasteiger partial charge is 0.618 e. The summed E-state index contributed by atoms with van der Waals surface area (Å²) >= 11 is 0. The molecule has 1 amide bonds. The molecule has 0 saturated heterocycles. The Balaban J connectivity index is 1.49. The van der Waals surface area contributed by atoms with E-state index < -0.39 is 44.3 Å². The first-order chi connectivity index (χ1) is 16.8. The minimum Gasteiger partial charge on any atom is -0.618 e. The molecule has 0 aromatic carbocycles. The topological polar surface area (TPSA) is 115 Å². The lowest BCUT2D eigenvalue weighted by atomic mass is 10.0. The van der Waals surface area contributed by atoms with Gasteiger partial charge in [0.25, 0.3) is 10.9 Å². The first kappa shape index (κ1) is 25.0. The molecule has 2 heterocycles. The van der Waals surface area contributed by atoms with Crippen molar-refractivity contribution < 1.29 is 31.3 Å². The van der Waals surface area contributed by atoms with Crippen LogP contribution in [-0.4, -0.2) is 32.3 Å². The average molecular weight is 530 g/mol. The summed E-state index contributed by atoms with van der Waals surface area (Å²) < 4.78 is 77.6. The van der Waals surface area contributed by atoms with Gasteiger partial charge in [0.1, 0.15) is 27.2 Å². The molecule has 196 valence electrons. The van der Waals surface area contributed by atoms with Crippen molar-refractivity contribution in [2.24, 2.45) is 17.8 Å². The summed E-state index contributed by atoms with van der Waals surface area (Å²) in [6.45, 7) is 0.124. The summed E-state index contributed by atoms with van der Waals surface area (Å²) in [5.74, 6) is -1.01. The molecule has 3 unspecified atom stereocenters. The van der Waals surface area contributed by atoms with E-state index in [1.165, 1.54) is 6.07 Å². The summed E-state index contributed by atoms with van der Waals surface area (Å²) in [6.07, 6.45) is -0.219. The van der Waals surface area contributed by atoms with Crippen molar-refractivity contribution in [3.8, 4) is 0 Å². The van der Waals surface area contributed by atoms with Crippen molar-refractivity contribution in [3.05, 3.63) is 40.5 Å². The van der Waals surface area contributed by atoms with Crippen LogP contribution in [-0.2, 0) is 22.5 Å². The van der Waals surface area contributed by atoms with E-state index >= 15 is 0 Å². The van der Waals surface area contributed by atoms with Crippen LogP contribution in [0.1, 0.15) is 66.2 Å². The maximum Gasteiger partial charge on any atom is 0.420 e. The van der Waals surface area contributed by atoms with Gasteiger partial charge in [-0.2, -0.15) is 23.0 Å². The Morgan fingerprint density at radius 3 is 2.47 bits per heavy atom. The van der Waals surface area contributed by atoms with Gasteiger partial charge in [0.2, 0.25) is 0 Å². The van der Waals surface area contributed by atoms with Gasteiger partial charge in [0.05, 0.1) is 11.4 Å². The number of anilines is 1. The van der Waals surface area contributed by atoms with Crippen molar-refractivity contribution in [2.75, 3.05) is 11.6 Å². The van der Waals surface area contributed by atoms with Gasteiger partial charge in [0.15, 0.2) is 6.20 Å². The van der Waals surface area contributed by atoms with Crippen LogP contribution in [0.4, 0.5) is 23.2 Å². The fourth-order valence-corrected chi connectivity index (χ4v) is 6.60. The van der Waals surface area contributed by atoms with Crippen molar-refractivity contribution in [2.45, 2.75) is 68.4 Å². The summed E-state index contributed by atoms with van der Waals surface area (Å²) in [5.41, 5.74) is -1.85. The third-order valence-electron chi connectivity index (χ3n) is 7.47. The fraction of sp³-hybridized carbons (Fsp3) is 0.609. The maximum atomic E-state index is 14.2. The van der Waals surface area contributed by atoms with Crippen molar-refractivity contribution in [1.29, 1.82) is 4.78 Å². The van der Waals surface area contributed by atoms with Crippen LogP contribution >= 0.6 is 0 Å². The SMILES string of the molecule is CS(=N)(=O)c1cc(NC(=O)c2c(C(F)(F)F)c(C3CC3)nn2CC2CC3CC(F)CC3C2)cc[n+]1[O-]. The van der Waals surface area contributed by atoms with Crippen molar-refractivity contribution in [3.63, 3.8) is 0 Å². The van der Waals surface area contributed by atoms with E-state index in [1.807, 2.05) is 0 Å². The van der Waals surface area contributed by atoms with E-state index in [-0.39, 0.29) is 46.3 Å². The molecule has 3 aliphatic rings.